The van der Waals surface area contributed by atoms with Gasteiger partial charge in [-0.15, -0.1) is 0 Å². The Labute approximate surface area is 126 Å². The van der Waals surface area contributed by atoms with Crippen molar-refractivity contribution in [3.63, 3.8) is 0 Å². The number of anilines is 1. The first-order valence-electron chi connectivity index (χ1n) is 6.73. The van der Waals surface area contributed by atoms with Gasteiger partial charge < -0.3 is 30.5 Å². The molecule has 2 heterocycles. The van der Waals surface area contributed by atoms with E-state index < -0.39 is 36.8 Å². The summed E-state index contributed by atoms with van der Waals surface area (Å²) in [6.45, 7) is -0.322. The number of aliphatic hydroxyl groups is 4. The van der Waals surface area contributed by atoms with Gasteiger partial charge in [-0.1, -0.05) is 0 Å². The number of aromatic nitrogens is 2. The molecule has 0 aliphatic carbocycles. The van der Waals surface area contributed by atoms with Crippen molar-refractivity contribution >= 4 is 5.82 Å². The quantitative estimate of drug-likeness (QED) is 0.350. The van der Waals surface area contributed by atoms with Crippen LogP contribution in [0.3, 0.4) is 0 Å². The van der Waals surface area contributed by atoms with E-state index in [0.29, 0.717) is 12.5 Å². The summed E-state index contributed by atoms with van der Waals surface area (Å²) in [5.41, 5.74) is -0.675. The predicted molar refractivity (Wildman–Crippen MR) is 74.8 cm³/mol. The molecule has 1 aromatic heterocycles. The number of nitrogens with one attached hydrogen (secondary N) is 1. The van der Waals surface area contributed by atoms with Crippen LogP contribution in [0, 0.1) is 0 Å². The molecule has 10 heteroatoms. The first-order valence-corrected chi connectivity index (χ1v) is 6.73. The molecule has 0 radical (unpaired) electrons. The maximum Gasteiger partial charge on any atom is 0.351 e. The Balaban J connectivity index is 2.12. The third-order valence-corrected chi connectivity index (χ3v) is 3.39. The van der Waals surface area contributed by atoms with Crippen LogP contribution >= 0.6 is 0 Å². The van der Waals surface area contributed by atoms with Crippen LogP contribution < -0.4 is 11.0 Å². The maximum atomic E-state index is 12.0. The van der Waals surface area contributed by atoms with Gasteiger partial charge in [-0.3, -0.25) is 9.47 Å². The monoisotopic (exact) mass is 316 g/mol. The topological polar surface area (TPSA) is 140 Å². The van der Waals surface area contributed by atoms with Gasteiger partial charge in [-0.25, -0.2) is 4.79 Å². The molecule has 0 bridgehead atoms. The molecule has 22 heavy (non-hydrogen) atoms. The molecule has 1 aliphatic heterocycles. The lowest BCUT2D eigenvalue weighted by atomic mass is 10.1. The van der Waals surface area contributed by atoms with E-state index in [-0.39, 0.29) is 6.73 Å². The van der Waals surface area contributed by atoms with Crippen LogP contribution in [0.25, 0.3) is 0 Å². The highest BCUT2D eigenvalue weighted by Crippen LogP contribution is 2.28. The van der Waals surface area contributed by atoms with Crippen molar-refractivity contribution in [3.8, 4) is 0 Å². The summed E-state index contributed by atoms with van der Waals surface area (Å²) in [5, 5.41) is 40.3. The summed E-state index contributed by atoms with van der Waals surface area (Å²) in [6.07, 6.45) is -3.31. The summed E-state index contributed by atoms with van der Waals surface area (Å²) >= 11 is 0. The van der Waals surface area contributed by atoms with E-state index in [4.69, 9.17) is 14.9 Å². The summed E-state index contributed by atoms with van der Waals surface area (Å²) in [4.78, 5) is 17.3. The number of hydrogen-bond donors (Lipinski definition) is 5. The molecule has 1 aromatic rings. The average molecular weight is 316 g/mol. The standard InChI is InChI=1S/C12H20N4O6/c1-15(6-18)5-13-8-2-3-16(12(21)14-8)11-10(20)9(19)7(4-17)22-11/h2-3,7,9-11,17-20H,4-6H2,1H3,(H,13,14,21)/t7-,9-,10-,11-/m1/s1. The van der Waals surface area contributed by atoms with E-state index >= 15 is 0 Å². The van der Waals surface area contributed by atoms with Crippen molar-refractivity contribution < 1.29 is 25.2 Å². The van der Waals surface area contributed by atoms with E-state index in [1.165, 1.54) is 12.3 Å². The zero-order valence-electron chi connectivity index (χ0n) is 12.0. The zero-order valence-corrected chi connectivity index (χ0v) is 12.0. The summed E-state index contributed by atoms with van der Waals surface area (Å²) in [7, 11) is 1.67. The third kappa shape index (κ3) is 3.43. The highest BCUT2D eigenvalue weighted by Gasteiger charge is 2.43. The molecule has 4 atom stereocenters. The van der Waals surface area contributed by atoms with Crippen LogP contribution in [0.2, 0.25) is 0 Å². The molecule has 10 nitrogen and oxygen atoms in total. The average Bonchev–Trinajstić information content (AvgIpc) is 2.80. The molecule has 5 N–H and O–H groups in total. The fraction of sp³-hybridized carbons (Fsp3) is 0.667. The van der Waals surface area contributed by atoms with Crippen LogP contribution in [0.15, 0.2) is 17.1 Å². The Morgan fingerprint density at radius 1 is 1.41 bits per heavy atom. The van der Waals surface area contributed by atoms with Gasteiger partial charge in [0.1, 0.15) is 24.1 Å². The molecule has 0 spiro atoms. The van der Waals surface area contributed by atoms with E-state index in [9.17, 15) is 15.0 Å². The van der Waals surface area contributed by atoms with Gasteiger partial charge in [-0.05, 0) is 13.1 Å². The second kappa shape index (κ2) is 7.13. The number of rotatable bonds is 6. The highest BCUT2D eigenvalue weighted by atomic mass is 16.6. The molecule has 0 aromatic carbocycles. The van der Waals surface area contributed by atoms with E-state index in [1.54, 1.807) is 11.9 Å². The molecular weight excluding hydrogens is 296 g/mol. The van der Waals surface area contributed by atoms with Crippen LogP contribution in [0.4, 0.5) is 5.82 Å². The van der Waals surface area contributed by atoms with Crippen LogP contribution in [0.5, 0.6) is 0 Å². The molecule has 1 aliphatic rings. The number of nitrogens with zero attached hydrogens (tertiary/aromatic N) is 3. The summed E-state index contributed by atoms with van der Waals surface area (Å²) < 4.78 is 6.31. The van der Waals surface area contributed by atoms with Gasteiger partial charge in [0.25, 0.3) is 0 Å². The van der Waals surface area contributed by atoms with Crippen molar-refractivity contribution in [1.82, 2.24) is 14.5 Å². The highest BCUT2D eigenvalue weighted by molar-refractivity contribution is 5.31. The van der Waals surface area contributed by atoms with Gasteiger partial charge in [0.05, 0.1) is 20.0 Å². The Hall–Kier alpha value is -1.56. The Morgan fingerprint density at radius 2 is 2.14 bits per heavy atom. The fourth-order valence-corrected chi connectivity index (χ4v) is 2.08. The van der Waals surface area contributed by atoms with Crippen molar-refractivity contribution in [3.05, 3.63) is 22.7 Å². The van der Waals surface area contributed by atoms with Crippen LogP contribution in [-0.4, -0.2) is 80.2 Å². The first kappa shape index (κ1) is 16.8. The minimum absolute atomic E-state index is 0.146. The van der Waals surface area contributed by atoms with Crippen molar-refractivity contribution in [2.45, 2.75) is 24.5 Å². The Morgan fingerprint density at radius 3 is 2.68 bits per heavy atom. The third-order valence-electron chi connectivity index (χ3n) is 3.39. The van der Waals surface area contributed by atoms with E-state index in [0.717, 1.165) is 4.57 Å². The fourth-order valence-electron chi connectivity index (χ4n) is 2.08. The van der Waals surface area contributed by atoms with E-state index in [2.05, 4.69) is 10.3 Å². The molecule has 0 saturated carbocycles. The van der Waals surface area contributed by atoms with Gasteiger partial charge in [0, 0.05) is 6.20 Å². The van der Waals surface area contributed by atoms with Crippen LogP contribution in [0.1, 0.15) is 6.23 Å². The van der Waals surface area contributed by atoms with Gasteiger partial charge in [0.15, 0.2) is 6.23 Å². The normalized spacial score (nSPS) is 28.3. The number of aliphatic hydroxyl groups excluding tert-OH is 4. The minimum atomic E-state index is -1.34. The molecule has 2 rings (SSSR count). The lowest BCUT2D eigenvalue weighted by Crippen LogP contribution is -2.36. The van der Waals surface area contributed by atoms with Gasteiger partial charge in [-0.2, -0.15) is 4.98 Å². The van der Waals surface area contributed by atoms with Gasteiger partial charge in [0.2, 0.25) is 0 Å². The van der Waals surface area contributed by atoms with Crippen molar-refractivity contribution in [1.29, 1.82) is 0 Å². The largest absolute Gasteiger partial charge is 0.394 e. The minimum Gasteiger partial charge on any atom is -0.394 e. The molecule has 1 fully saturated rings. The lowest BCUT2D eigenvalue weighted by Gasteiger charge is -2.18. The van der Waals surface area contributed by atoms with Crippen molar-refractivity contribution in [2.24, 2.45) is 0 Å². The summed E-state index contributed by atoms with van der Waals surface area (Å²) in [6, 6.07) is 1.50. The molecule has 0 unspecified atom stereocenters. The first-order chi connectivity index (χ1) is 10.5. The molecular formula is C12H20N4O6. The predicted octanol–water partition coefficient (Wildman–Crippen LogP) is -2.89. The van der Waals surface area contributed by atoms with Crippen LogP contribution in [-0.2, 0) is 4.74 Å². The maximum absolute atomic E-state index is 12.0. The lowest BCUT2D eigenvalue weighted by molar-refractivity contribution is -0.0549. The van der Waals surface area contributed by atoms with Crippen molar-refractivity contribution in [2.75, 3.05) is 32.4 Å². The Bertz CT molecular complexity index is 553. The second-order valence-electron chi connectivity index (χ2n) is 5.06. The number of hydrogen-bond acceptors (Lipinski definition) is 9. The SMILES string of the molecule is CN(CO)CNc1ccn([C@@H]2O[C@H](CO)[C@@H](O)[C@H]2O)c(=O)n1. The molecule has 124 valence electrons. The van der Waals surface area contributed by atoms with Gasteiger partial charge >= 0.3 is 5.69 Å². The second-order valence-corrected chi connectivity index (χ2v) is 5.06. The van der Waals surface area contributed by atoms with E-state index in [1.807, 2.05) is 0 Å². The summed E-state index contributed by atoms with van der Waals surface area (Å²) in [5.74, 6) is 0.299. The molecule has 1 saturated heterocycles. The molecule has 0 amide bonds. The Kier molecular flexibility index (Phi) is 5.45. The zero-order chi connectivity index (χ0) is 16.3. The smallest absolute Gasteiger partial charge is 0.351 e. The number of ether oxygens (including phenoxy) is 1.